The lowest BCUT2D eigenvalue weighted by atomic mass is 10.2. The summed E-state index contributed by atoms with van der Waals surface area (Å²) in [7, 11) is -4.71. The van der Waals surface area contributed by atoms with E-state index in [2.05, 4.69) is 4.52 Å². The first-order chi connectivity index (χ1) is 9.67. The first-order valence-electron chi connectivity index (χ1n) is 5.75. The number of rotatable bonds is 4. The van der Waals surface area contributed by atoms with E-state index in [0.29, 0.717) is 0 Å². The minimum atomic E-state index is -4.71. The average molecular weight is 324 g/mol. The Balaban J connectivity index is 2.14. The van der Waals surface area contributed by atoms with Gasteiger partial charge >= 0.3 is 13.5 Å². The number of ether oxygens (including phenoxy) is 1. The molecule has 1 aromatic heterocycles. The molecule has 12 heteroatoms. The van der Waals surface area contributed by atoms with Crippen LogP contribution in [-0.4, -0.2) is 48.4 Å². The number of hydrogen-bond donors (Lipinski definition) is 5. The SMILES string of the molecule is O=c1[nH]c(=O)n([C@@H]2CC(O)[C@H](COP(=O)(O)O)O2)cc1O. The standard InChI is InChI=1S/C9H13N2O9P/c12-4-1-7(20-6(4)3-19-21(16,17)18)11-2-5(13)8(14)10-9(11)15/h2,4,6-7,12-13H,1,3H2,(H,10,14,15)(H2,16,17,18)/t4?,6-,7-/m0/s1. The Morgan fingerprint density at radius 1 is 1.48 bits per heavy atom. The summed E-state index contributed by atoms with van der Waals surface area (Å²) in [5.41, 5.74) is -1.82. The Morgan fingerprint density at radius 2 is 2.14 bits per heavy atom. The van der Waals surface area contributed by atoms with Crippen molar-refractivity contribution in [2.75, 3.05) is 6.61 Å². The molecule has 1 aromatic rings. The van der Waals surface area contributed by atoms with Crippen molar-refractivity contribution in [2.45, 2.75) is 24.9 Å². The molecule has 5 N–H and O–H groups in total. The quantitative estimate of drug-likeness (QED) is 0.393. The summed E-state index contributed by atoms with van der Waals surface area (Å²) in [5.74, 6) is -0.706. The molecule has 0 amide bonds. The largest absolute Gasteiger partial charge is 0.502 e. The molecule has 0 radical (unpaired) electrons. The molecular formula is C9H13N2O9P. The Kier molecular flexibility index (Phi) is 4.33. The van der Waals surface area contributed by atoms with Crippen LogP contribution < -0.4 is 11.2 Å². The summed E-state index contributed by atoms with van der Waals surface area (Å²) in [6.07, 6.45) is -2.45. The van der Waals surface area contributed by atoms with Gasteiger partial charge in [0, 0.05) is 6.42 Å². The van der Waals surface area contributed by atoms with Crippen molar-refractivity contribution >= 4 is 7.82 Å². The lowest BCUT2D eigenvalue weighted by molar-refractivity contribution is -0.0452. The molecule has 21 heavy (non-hydrogen) atoms. The molecule has 1 fully saturated rings. The number of aromatic nitrogens is 2. The zero-order valence-electron chi connectivity index (χ0n) is 10.4. The molecule has 1 unspecified atom stereocenters. The molecule has 3 atom stereocenters. The molecule has 0 saturated carbocycles. The van der Waals surface area contributed by atoms with E-state index in [-0.39, 0.29) is 6.42 Å². The van der Waals surface area contributed by atoms with Gasteiger partial charge in [0.1, 0.15) is 12.3 Å². The Bertz CT molecular complexity index is 677. The minimum Gasteiger partial charge on any atom is -0.502 e. The molecule has 1 aliphatic heterocycles. The van der Waals surface area contributed by atoms with Crippen LogP contribution in [-0.2, 0) is 13.8 Å². The third-order valence-electron chi connectivity index (χ3n) is 2.87. The maximum absolute atomic E-state index is 11.6. The smallest absolute Gasteiger partial charge is 0.469 e. The molecule has 0 spiro atoms. The van der Waals surface area contributed by atoms with Gasteiger partial charge in [-0.1, -0.05) is 0 Å². The molecule has 11 nitrogen and oxygen atoms in total. The summed E-state index contributed by atoms with van der Waals surface area (Å²) in [5, 5.41) is 19.0. The van der Waals surface area contributed by atoms with Gasteiger partial charge in [-0.15, -0.1) is 0 Å². The Hall–Kier alpha value is -1.49. The Morgan fingerprint density at radius 3 is 2.76 bits per heavy atom. The molecule has 0 bridgehead atoms. The predicted molar refractivity (Wildman–Crippen MR) is 65.5 cm³/mol. The monoisotopic (exact) mass is 324 g/mol. The van der Waals surface area contributed by atoms with E-state index in [1.54, 1.807) is 0 Å². The van der Waals surface area contributed by atoms with Crippen LogP contribution in [0.25, 0.3) is 0 Å². The summed E-state index contributed by atoms with van der Waals surface area (Å²) in [4.78, 5) is 41.6. The number of hydrogen-bond acceptors (Lipinski definition) is 7. The van der Waals surface area contributed by atoms with Crippen LogP contribution in [0.5, 0.6) is 5.75 Å². The van der Waals surface area contributed by atoms with Gasteiger partial charge in [-0.3, -0.25) is 18.9 Å². The fraction of sp³-hybridized carbons (Fsp3) is 0.556. The zero-order chi connectivity index (χ0) is 15.8. The topological polar surface area (TPSA) is 171 Å². The predicted octanol–water partition coefficient (Wildman–Crippen LogP) is -2.00. The highest BCUT2D eigenvalue weighted by atomic mass is 31.2. The number of nitrogens with one attached hydrogen (secondary N) is 1. The minimum absolute atomic E-state index is 0.0828. The molecule has 1 saturated heterocycles. The van der Waals surface area contributed by atoms with Crippen molar-refractivity contribution in [1.82, 2.24) is 9.55 Å². The number of phosphoric acid groups is 1. The van der Waals surface area contributed by atoms with Crippen molar-refractivity contribution in [3.05, 3.63) is 27.0 Å². The second kappa shape index (κ2) is 5.72. The van der Waals surface area contributed by atoms with Gasteiger partial charge in [-0.25, -0.2) is 9.36 Å². The van der Waals surface area contributed by atoms with Gasteiger partial charge in [-0.05, 0) is 0 Å². The van der Waals surface area contributed by atoms with Crippen LogP contribution >= 0.6 is 7.82 Å². The van der Waals surface area contributed by atoms with Crippen LogP contribution in [0.1, 0.15) is 12.6 Å². The van der Waals surface area contributed by atoms with Crippen LogP contribution in [0.15, 0.2) is 15.8 Å². The molecule has 0 aliphatic carbocycles. The maximum Gasteiger partial charge on any atom is 0.469 e. The van der Waals surface area contributed by atoms with Crippen molar-refractivity contribution < 1.29 is 33.8 Å². The molecule has 0 aromatic carbocycles. The van der Waals surface area contributed by atoms with Gasteiger partial charge in [-0.2, -0.15) is 0 Å². The van der Waals surface area contributed by atoms with Gasteiger partial charge in [0.05, 0.1) is 18.9 Å². The first kappa shape index (κ1) is 15.9. The van der Waals surface area contributed by atoms with Gasteiger partial charge in [0.15, 0.2) is 5.75 Å². The van der Waals surface area contributed by atoms with Crippen molar-refractivity contribution in [1.29, 1.82) is 0 Å². The molecule has 1 aliphatic rings. The van der Waals surface area contributed by atoms with Crippen LogP contribution in [0, 0.1) is 0 Å². The number of phosphoric ester groups is 1. The number of aliphatic hydroxyl groups is 1. The van der Waals surface area contributed by atoms with Crippen molar-refractivity contribution in [3.8, 4) is 5.75 Å². The lowest BCUT2D eigenvalue weighted by Gasteiger charge is -2.16. The highest BCUT2D eigenvalue weighted by molar-refractivity contribution is 7.46. The first-order valence-corrected chi connectivity index (χ1v) is 7.28. The third-order valence-corrected chi connectivity index (χ3v) is 3.36. The van der Waals surface area contributed by atoms with Gasteiger partial charge in [0.25, 0.3) is 5.56 Å². The molecule has 2 heterocycles. The molecule has 118 valence electrons. The van der Waals surface area contributed by atoms with E-state index in [9.17, 15) is 24.4 Å². The summed E-state index contributed by atoms with van der Waals surface area (Å²) < 4.78 is 20.9. The fourth-order valence-corrected chi connectivity index (χ4v) is 2.24. The van der Waals surface area contributed by atoms with Crippen LogP contribution in [0.3, 0.4) is 0 Å². The number of aliphatic hydroxyl groups excluding tert-OH is 1. The summed E-state index contributed by atoms with van der Waals surface area (Å²) in [6.45, 7) is -0.577. The van der Waals surface area contributed by atoms with Crippen molar-refractivity contribution in [3.63, 3.8) is 0 Å². The number of aromatic amines is 1. The maximum atomic E-state index is 11.6. The second-order valence-corrected chi connectivity index (χ2v) is 5.64. The normalized spacial score (nSPS) is 26.1. The highest BCUT2D eigenvalue weighted by Crippen LogP contribution is 2.38. The van der Waals surface area contributed by atoms with E-state index >= 15 is 0 Å². The summed E-state index contributed by atoms with van der Waals surface area (Å²) >= 11 is 0. The second-order valence-electron chi connectivity index (χ2n) is 4.40. The van der Waals surface area contributed by atoms with E-state index in [0.717, 1.165) is 10.8 Å². The Labute approximate surface area is 116 Å². The van der Waals surface area contributed by atoms with Crippen LogP contribution in [0.2, 0.25) is 0 Å². The summed E-state index contributed by atoms with van der Waals surface area (Å²) in [6, 6.07) is 0. The number of nitrogens with zero attached hydrogens (tertiary/aromatic N) is 1. The lowest BCUT2D eigenvalue weighted by Crippen LogP contribution is -2.32. The molecular weight excluding hydrogens is 311 g/mol. The average Bonchev–Trinajstić information content (AvgIpc) is 2.72. The molecule has 2 rings (SSSR count). The van der Waals surface area contributed by atoms with E-state index in [1.807, 2.05) is 4.98 Å². The van der Waals surface area contributed by atoms with E-state index in [1.165, 1.54) is 0 Å². The number of aromatic hydroxyl groups is 1. The third kappa shape index (κ3) is 3.79. The van der Waals surface area contributed by atoms with Crippen molar-refractivity contribution in [2.24, 2.45) is 0 Å². The fourth-order valence-electron chi connectivity index (χ4n) is 1.90. The van der Waals surface area contributed by atoms with Crippen LogP contribution in [0.4, 0.5) is 0 Å². The van der Waals surface area contributed by atoms with E-state index < -0.39 is 49.9 Å². The van der Waals surface area contributed by atoms with E-state index in [4.69, 9.17) is 14.5 Å². The van der Waals surface area contributed by atoms with Gasteiger partial charge in [0.2, 0.25) is 0 Å². The highest BCUT2D eigenvalue weighted by Gasteiger charge is 2.37. The number of H-pyrrole nitrogens is 1. The zero-order valence-corrected chi connectivity index (χ0v) is 11.3. The van der Waals surface area contributed by atoms with Gasteiger partial charge < -0.3 is 24.7 Å².